The molecule has 58 valence electrons. The Morgan fingerprint density at radius 2 is 2.09 bits per heavy atom. The smallest absolute Gasteiger partial charge is 0.207 e. The molecule has 0 heterocycles. The van der Waals surface area contributed by atoms with Crippen molar-refractivity contribution in [2.24, 2.45) is 0 Å². The van der Waals surface area contributed by atoms with Crippen LogP contribution in [0.2, 0.25) is 0 Å². The van der Waals surface area contributed by atoms with E-state index in [2.05, 4.69) is 0 Å². The third kappa shape index (κ3) is 2.51. The monoisotopic (exact) mass is 172 g/mol. The highest BCUT2D eigenvalue weighted by molar-refractivity contribution is 7.71. The Bertz CT molecular complexity index is 373. The minimum atomic E-state index is -2.27. The van der Waals surface area contributed by atoms with Crippen molar-refractivity contribution in [3.05, 3.63) is 35.6 Å². The molecule has 0 atom stereocenters. The highest BCUT2D eigenvalue weighted by atomic mass is 32.2. The first-order valence-electron chi connectivity index (χ1n) is 2.87. The van der Waals surface area contributed by atoms with Crippen molar-refractivity contribution in [1.29, 1.82) is 0 Å². The summed E-state index contributed by atoms with van der Waals surface area (Å²) in [7, 11) is -2.27. The van der Waals surface area contributed by atoms with Crippen molar-refractivity contribution in [3.8, 4) is 0 Å². The van der Waals surface area contributed by atoms with Crippen LogP contribution < -0.4 is 0 Å². The van der Waals surface area contributed by atoms with Crippen LogP contribution in [0.15, 0.2) is 24.3 Å². The van der Waals surface area contributed by atoms with Gasteiger partial charge in [0.25, 0.3) is 0 Å². The van der Waals surface area contributed by atoms with Crippen LogP contribution in [0.4, 0.5) is 4.39 Å². The Balaban J connectivity index is 3.17. The summed E-state index contributed by atoms with van der Waals surface area (Å²) in [4.78, 5) is 0. The Morgan fingerprint density at radius 3 is 2.64 bits per heavy atom. The van der Waals surface area contributed by atoms with Gasteiger partial charge in [-0.2, -0.15) is 8.42 Å². The molecule has 0 saturated carbocycles. The Morgan fingerprint density at radius 1 is 1.36 bits per heavy atom. The molecular formula is C7H5FO2S. The van der Waals surface area contributed by atoms with Crippen molar-refractivity contribution >= 4 is 15.7 Å². The number of benzene rings is 1. The summed E-state index contributed by atoms with van der Waals surface area (Å²) in [5, 5.41) is 0.947. The molecule has 0 unspecified atom stereocenters. The van der Waals surface area contributed by atoms with Crippen LogP contribution in [0.25, 0.3) is 0 Å². The Kier molecular flexibility index (Phi) is 2.38. The second kappa shape index (κ2) is 3.30. The van der Waals surface area contributed by atoms with Crippen LogP contribution in [-0.2, 0) is 10.3 Å². The molecule has 0 aliphatic carbocycles. The summed E-state index contributed by atoms with van der Waals surface area (Å²) in [6.45, 7) is 0. The molecule has 0 aliphatic heterocycles. The lowest BCUT2D eigenvalue weighted by atomic mass is 10.2. The van der Waals surface area contributed by atoms with Crippen molar-refractivity contribution in [2.75, 3.05) is 0 Å². The number of rotatable bonds is 1. The molecular weight excluding hydrogens is 167 g/mol. The molecule has 11 heavy (non-hydrogen) atoms. The van der Waals surface area contributed by atoms with E-state index >= 15 is 0 Å². The van der Waals surface area contributed by atoms with Crippen LogP contribution in [0.3, 0.4) is 0 Å². The van der Waals surface area contributed by atoms with E-state index in [0.717, 1.165) is 11.4 Å². The molecule has 0 N–H and O–H groups in total. The molecule has 4 heteroatoms. The zero-order valence-corrected chi connectivity index (χ0v) is 6.31. The second-order valence-corrected chi connectivity index (χ2v) is 2.69. The summed E-state index contributed by atoms with van der Waals surface area (Å²) in [5.74, 6) is -0.441. The average molecular weight is 172 g/mol. The van der Waals surface area contributed by atoms with Crippen molar-refractivity contribution in [1.82, 2.24) is 0 Å². The van der Waals surface area contributed by atoms with Gasteiger partial charge in [0.1, 0.15) is 5.82 Å². The normalized spacial score (nSPS) is 9.18. The molecule has 0 fully saturated rings. The van der Waals surface area contributed by atoms with Gasteiger partial charge in [0.15, 0.2) is 0 Å². The number of halogens is 1. The molecule has 0 bridgehead atoms. The SMILES string of the molecule is O=S(=O)=Cc1cccc(F)c1. The van der Waals surface area contributed by atoms with Gasteiger partial charge in [0.05, 0.1) is 5.37 Å². The molecule has 1 rings (SSSR count). The van der Waals surface area contributed by atoms with Gasteiger partial charge < -0.3 is 0 Å². The first kappa shape index (κ1) is 7.94. The van der Waals surface area contributed by atoms with E-state index in [1.54, 1.807) is 0 Å². The fourth-order valence-electron chi connectivity index (χ4n) is 0.691. The van der Waals surface area contributed by atoms with E-state index in [9.17, 15) is 12.8 Å². The van der Waals surface area contributed by atoms with Crippen LogP contribution in [0.1, 0.15) is 5.56 Å². The van der Waals surface area contributed by atoms with Gasteiger partial charge in [-0.3, -0.25) is 0 Å². The van der Waals surface area contributed by atoms with Crippen molar-refractivity contribution in [3.63, 3.8) is 0 Å². The quantitative estimate of drug-likeness (QED) is 0.588. The fraction of sp³-hybridized carbons (Fsp3) is 0. The van der Waals surface area contributed by atoms with Gasteiger partial charge in [-0.15, -0.1) is 0 Å². The molecule has 0 saturated heterocycles. The van der Waals surface area contributed by atoms with Crippen LogP contribution >= 0.6 is 0 Å². The average Bonchev–Trinajstić information content (AvgIpc) is 1.85. The van der Waals surface area contributed by atoms with E-state index in [-0.39, 0.29) is 0 Å². The molecule has 2 nitrogen and oxygen atoms in total. The second-order valence-electron chi connectivity index (χ2n) is 1.93. The topological polar surface area (TPSA) is 34.1 Å². The van der Waals surface area contributed by atoms with Gasteiger partial charge in [-0.1, -0.05) is 12.1 Å². The lowest BCUT2D eigenvalue weighted by Crippen LogP contribution is -1.82. The summed E-state index contributed by atoms with van der Waals surface area (Å²) in [5.41, 5.74) is 0.346. The molecule has 0 aromatic heterocycles. The predicted octanol–water partition coefficient (Wildman–Crippen LogP) is 0.855. The molecule has 0 radical (unpaired) electrons. The van der Waals surface area contributed by atoms with Crippen LogP contribution in [0, 0.1) is 5.82 Å². The van der Waals surface area contributed by atoms with E-state index < -0.39 is 16.1 Å². The lowest BCUT2D eigenvalue weighted by molar-refractivity contribution is 0.627. The van der Waals surface area contributed by atoms with Crippen LogP contribution in [0.5, 0.6) is 0 Å². The van der Waals surface area contributed by atoms with E-state index in [1.165, 1.54) is 18.2 Å². The number of hydrogen-bond acceptors (Lipinski definition) is 2. The first-order valence-corrected chi connectivity index (χ1v) is 4.01. The lowest BCUT2D eigenvalue weighted by Gasteiger charge is -1.88. The Labute approximate surface area is 64.8 Å². The maximum Gasteiger partial charge on any atom is 0.214 e. The summed E-state index contributed by atoms with van der Waals surface area (Å²) in [6.07, 6.45) is 0. The van der Waals surface area contributed by atoms with Gasteiger partial charge >= 0.3 is 0 Å². The fourth-order valence-corrected chi connectivity index (χ4v) is 1.06. The third-order valence-corrected chi connectivity index (χ3v) is 1.55. The first-order chi connectivity index (χ1) is 5.18. The minimum Gasteiger partial charge on any atom is -0.207 e. The summed E-state index contributed by atoms with van der Waals surface area (Å²) >= 11 is 0. The molecule has 0 spiro atoms. The van der Waals surface area contributed by atoms with Crippen molar-refractivity contribution in [2.45, 2.75) is 0 Å². The molecule has 1 aromatic carbocycles. The van der Waals surface area contributed by atoms with Crippen LogP contribution in [-0.4, -0.2) is 13.8 Å². The van der Waals surface area contributed by atoms with Crippen molar-refractivity contribution < 1.29 is 12.8 Å². The zero-order valence-electron chi connectivity index (χ0n) is 5.49. The molecule has 1 aromatic rings. The molecule has 0 aliphatic rings. The maximum atomic E-state index is 12.4. The highest BCUT2D eigenvalue weighted by Gasteiger charge is 1.90. The minimum absolute atomic E-state index is 0.346. The standard InChI is InChI=1S/C7H5FO2S/c8-7-3-1-2-6(4-7)5-11(9)10/h1-5H. The summed E-state index contributed by atoms with van der Waals surface area (Å²) in [6, 6.07) is 5.37. The largest absolute Gasteiger partial charge is 0.214 e. The number of hydrogen-bond donors (Lipinski definition) is 0. The highest BCUT2D eigenvalue weighted by Crippen LogP contribution is 1.99. The molecule has 0 amide bonds. The van der Waals surface area contributed by atoms with Gasteiger partial charge in [0, 0.05) is 0 Å². The van der Waals surface area contributed by atoms with Gasteiger partial charge in [0.2, 0.25) is 10.3 Å². The summed E-state index contributed by atoms with van der Waals surface area (Å²) < 4.78 is 32.6. The van der Waals surface area contributed by atoms with Gasteiger partial charge in [-0.25, -0.2) is 4.39 Å². The van der Waals surface area contributed by atoms with Gasteiger partial charge in [-0.05, 0) is 17.7 Å². The maximum absolute atomic E-state index is 12.4. The zero-order chi connectivity index (χ0) is 8.27. The van der Waals surface area contributed by atoms with E-state index in [1.807, 2.05) is 0 Å². The van der Waals surface area contributed by atoms with E-state index in [0.29, 0.717) is 5.56 Å². The predicted molar refractivity (Wildman–Crippen MR) is 40.5 cm³/mol. The third-order valence-electron chi connectivity index (χ3n) is 1.08. The van der Waals surface area contributed by atoms with E-state index in [4.69, 9.17) is 0 Å². The Hall–Kier alpha value is -1.16.